The molecule has 38 heavy (non-hydrogen) atoms. The van der Waals surface area contributed by atoms with Crippen molar-refractivity contribution in [1.29, 1.82) is 0 Å². The van der Waals surface area contributed by atoms with Crippen LogP contribution in [-0.4, -0.2) is 49.2 Å². The van der Waals surface area contributed by atoms with Gasteiger partial charge in [-0.3, -0.25) is 19.6 Å². The average molecular weight is 526 g/mol. The zero-order chi connectivity index (χ0) is 27.2. The summed E-state index contributed by atoms with van der Waals surface area (Å²) in [4.78, 5) is 38.9. The molecule has 9 heteroatoms. The van der Waals surface area contributed by atoms with Crippen LogP contribution in [0.5, 0.6) is 5.75 Å². The van der Waals surface area contributed by atoms with Crippen LogP contribution >= 0.6 is 0 Å². The van der Waals surface area contributed by atoms with Crippen molar-refractivity contribution < 1.29 is 29.1 Å². The maximum atomic E-state index is 13.6. The van der Waals surface area contributed by atoms with Crippen LogP contribution in [-0.2, 0) is 32.1 Å². The topological polar surface area (TPSA) is 126 Å². The lowest BCUT2D eigenvalue weighted by molar-refractivity contribution is -0.141. The molecular formula is C29H39N3O6. The van der Waals surface area contributed by atoms with Crippen molar-refractivity contribution in [3.8, 4) is 5.75 Å². The number of hydrogen-bond acceptors (Lipinski definition) is 6. The Morgan fingerprint density at radius 3 is 2.53 bits per heavy atom. The molecule has 4 N–H and O–H groups in total. The highest BCUT2D eigenvalue weighted by Crippen LogP contribution is 2.26. The van der Waals surface area contributed by atoms with Gasteiger partial charge < -0.3 is 20.1 Å². The molecule has 0 spiro atoms. The molecule has 4 rings (SSSR count). The molecular weight excluding hydrogens is 486 g/mol. The van der Waals surface area contributed by atoms with Gasteiger partial charge in [0.15, 0.2) is 0 Å². The molecule has 2 aromatic rings. The number of fused-ring (bicyclic) bond motifs is 12. The standard InChI is InChI=1S/C29H39N3O6/c1-30-29(35)26-19-21-13-15-23(16-14-21)38-18-8-6-12-25(28(34)32-36)24(27(33)31-26)11-5-7-17-37-20-22-9-3-2-4-10-22/h2-4,9-10,13-16,24-26,36H,5-8,11-12,17-20H2,1H3,(H,30,35)(H,31,33)(H,32,34)/t24-,25+,26+/m1/s1. The molecule has 2 aliphatic rings. The van der Waals surface area contributed by atoms with E-state index in [1.165, 1.54) is 7.05 Å². The molecule has 3 amide bonds. The number of hydroxylamine groups is 1. The fourth-order valence-electron chi connectivity index (χ4n) is 4.72. The predicted molar refractivity (Wildman–Crippen MR) is 142 cm³/mol. The zero-order valence-electron chi connectivity index (χ0n) is 22.0. The highest BCUT2D eigenvalue weighted by atomic mass is 16.5. The second-order valence-corrected chi connectivity index (χ2v) is 9.59. The number of benzene rings is 2. The third-order valence-corrected chi connectivity index (χ3v) is 6.86. The van der Waals surface area contributed by atoms with Crippen LogP contribution in [0.1, 0.15) is 49.7 Å². The number of carbonyl (C=O) groups is 3. The second-order valence-electron chi connectivity index (χ2n) is 9.59. The van der Waals surface area contributed by atoms with Crippen molar-refractivity contribution in [2.45, 2.75) is 57.6 Å². The Kier molecular flexibility index (Phi) is 12.1. The highest BCUT2D eigenvalue weighted by Gasteiger charge is 2.35. The molecule has 2 heterocycles. The fourth-order valence-corrected chi connectivity index (χ4v) is 4.72. The van der Waals surface area contributed by atoms with E-state index < -0.39 is 23.8 Å². The maximum Gasteiger partial charge on any atom is 0.247 e. The fraction of sp³-hybridized carbons (Fsp3) is 0.483. The van der Waals surface area contributed by atoms with Crippen molar-refractivity contribution in [3.05, 3.63) is 65.7 Å². The summed E-state index contributed by atoms with van der Waals surface area (Å²) in [5.41, 5.74) is 3.71. The van der Waals surface area contributed by atoms with Gasteiger partial charge in [-0.25, -0.2) is 5.48 Å². The molecule has 0 aromatic heterocycles. The van der Waals surface area contributed by atoms with Gasteiger partial charge in [0, 0.05) is 26.0 Å². The van der Waals surface area contributed by atoms with Crippen LogP contribution in [0, 0.1) is 11.8 Å². The number of nitrogens with one attached hydrogen (secondary N) is 3. The molecule has 2 aromatic carbocycles. The molecule has 206 valence electrons. The Balaban J connectivity index is 1.70. The SMILES string of the molecule is CNC(=O)[C@@H]1Cc2ccc(cc2)OCCCC[C@H](C(=O)NO)[C@@H](CCCCOCc2ccccc2)C(=O)N1. The van der Waals surface area contributed by atoms with Crippen molar-refractivity contribution in [3.63, 3.8) is 0 Å². The largest absolute Gasteiger partial charge is 0.494 e. The predicted octanol–water partition coefficient (Wildman–Crippen LogP) is 3.15. The molecule has 0 fully saturated rings. The summed E-state index contributed by atoms with van der Waals surface area (Å²) in [5.74, 6) is -2.02. The lowest BCUT2D eigenvalue weighted by atomic mass is 9.82. The highest BCUT2D eigenvalue weighted by molar-refractivity contribution is 5.91. The third kappa shape index (κ3) is 9.15. The van der Waals surface area contributed by atoms with Crippen LogP contribution < -0.4 is 20.9 Å². The summed E-state index contributed by atoms with van der Waals surface area (Å²) in [7, 11) is 1.52. The van der Waals surface area contributed by atoms with E-state index in [9.17, 15) is 19.6 Å². The Bertz CT molecular complexity index is 1010. The Morgan fingerprint density at radius 1 is 1.05 bits per heavy atom. The molecule has 0 unspecified atom stereocenters. The minimum absolute atomic E-state index is 0.294. The van der Waals surface area contributed by atoms with Gasteiger partial charge in [-0.15, -0.1) is 0 Å². The molecule has 3 atom stereocenters. The van der Waals surface area contributed by atoms with Gasteiger partial charge in [0.2, 0.25) is 17.7 Å². The Labute approximate surface area is 224 Å². The summed E-state index contributed by atoms with van der Waals surface area (Å²) in [6.07, 6.45) is 3.81. The zero-order valence-corrected chi connectivity index (χ0v) is 22.0. The number of ether oxygens (including phenoxy) is 2. The van der Waals surface area contributed by atoms with Gasteiger partial charge >= 0.3 is 0 Å². The first kappa shape index (κ1) is 29.1. The lowest BCUT2D eigenvalue weighted by Gasteiger charge is -2.27. The molecule has 0 aliphatic carbocycles. The second kappa shape index (κ2) is 15.7. The van der Waals surface area contributed by atoms with E-state index in [1.54, 1.807) is 5.48 Å². The first-order valence-corrected chi connectivity index (χ1v) is 13.3. The first-order valence-electron chi connectivity index (χ1n) is 13.3. The summed E-state index contributed by atoms with van der Waals surface area (Å²) in [6, 6.07) is 16.5. The van der Waals surface area contributed by atoms with E-state index >= 15 is 0 Å². The molecule has 0 radical (unpaired) electrons. The minimum atomic E-state index is -0.807. The summed E-state index contributed by atoms with van der Waals surface area (Å²) >= 11 is 0. The Morgan fingerprint density at radius 2 is 1.82 bits per heavy atom. The first-order chi connectivity index (χ1) is 18.5. The van der Waals surface area contributed by atoms with Crippen LogP contribution in [0.2, 0.25) is 0 Å². The minimum Gasteiger partial charge on any atom is -0.494 e. The Hall–Kier alpha value is -3.43. The van der Waals surface area contributed by atoms with Gasteiger partial charge in [0.1, 0.15) is 11.8 Å². The van der Waals surface area contributed by atoms with E-state index in [0.29, 0.717) is 64.8 Å². The molecule has 2 aliphatic heterocycles. The molecule has 9 nitrogen and oxygen atoms in total. The maximum absolute atomic E-state index is 13.6. The molecule has 0 saturated carbocycles. The molecule has 0 saturated heterocycles. The van der Waals surface area contributed by atoms with Crippen LogP contribution in [0.15, 0.2) is 54.6 Å². The number of amides is 3. The van der Waals surface area contributed by atoms with Crippen LogP contribution in [0.4, 0.5) is 0 Å². The van der Waals surface area contributed by atoms with Crippen molar-refractivity contribution in [2.24, 2.45) is 11.8 Å². The smallest absolute Gasteiger partial charge is 0.247 e. The van der Waals surface area contributed by atoms with Crippen molar-refractivity contribution in [1.82, 2.24) is 16.1 Å². The average Bonchev–Trinajstić information content (AvgIpc) is 2.95. The van der Waals surface area contributed by atoms with Crippen LogP contribution in [0.25, 0.3) is 0 Å². The van der Waals surface area contributed by atoms with Gasteiger partial charge in [-0.05, 0) is 55.4 Å². The summed E-state index contributed by atoms with van der Waals surface area (Å²) in [5, 5.41) is 14.9. The van der Waals surface area contributed by atoms with E-state index in [1.807, 2.05) is 54.6 Å². The van der Waals surface area contributed by atoms with Gasteiger partial charge in [0.25, 0.3) is 0 Å². The van der Waals surface area contributed by atoms with E-state index in [2.05, 4.69) is 10.6 Å². The number of unbranched alkanes of at least 4 members (excludes halogenated alkanes) is 1. The summed E-state index contributed by atoms with van der Waals surface area (Å²) < 4.78 is 11.6. The number of carbonyl (C=O) groups excluding carboxylic acids is 3. The van der Waals surface area contributed by atoms with Crippen molar-refractivity contribution >= 4 is 17.7 Å². The van der Waals surface area contributed by atoms with Gasteiger partial charge in [-0.2, -0.15) is 0 Å². The van der Waals surface area contributed by atoms with Crippen molar-refractivity contribution in [2.75, 3.05) is 20.3 Å². The quantitative estimate of drug-likeness (QED) is 0.226. The molecule has 2 bridgehead atoms. The third-order valence-electron chi connectivity index (χ3n) is 6.86. The lowest BCUT2D eigenvalue weighted by Crippen LogP contribution is -2.51. The summed E-state index contributed by atoms with van der Waals surface area (Å²) in [6.45, 7) is 1.51. The van der Waals surface area contributed by atoms with Crippen LogP contribution in [0.3, 0.4) is 0 Å². The van der Waals surface area contributed by atoms with Gasteiger partial charge in [0.05, 0.1) is 19.1 Å². The number of likely N-dealkylation sites (N-methyl/N-ethyl adjacent to an activating group) is 1. The monoisotopic (exact) mass is 525 g/mol. The van der Waals surface area contributed by atoms with Gasteiger partial charge in [-0.1, -0.05) is 48.9 Å². The number of rotatable bonds is 9. The number of hydrogen-bond donors (Lipinski definition) is 4. The van der Waals surface area contributed by atoms with E-state index in [-0.39, 0.29) is 11.8 Å². The van der Waals surface area contributed by atoms with E-state index in [0.717, 1.165) is 16.9 Å². The van der Waals surface area contributed by atoms with E-state index in [4.69, 9.17) is 9.47 Å². The normalized spacial score (nSPS) is 20.4.